The molecule has 0 unspecified atom stereocenters. The number of anilines is 1. The van der Waals surface area contributed by atoms with Crippen molar-refractivity contribution < 1.29 is 4.79 Å². The molecular weight excluding hydrogens is 272 g/mol. The number of amides is 1. The third-order valence-electron chi connectivity index (χ3n) is 3.18. The van der Waals surface area contributed by atoms with Crippen LogP contribution in [0.25, 0.3) is 10.8 Å². The first-order valence-corrected chi connectivity index (χ1v) is 6.99. The summed E-state index contributed by atoms with van der Waals surface area (Å²) in [5, 5.41) is 4.95. The molecule has 3 heteroatoms. The molecule has 3 nitrogen and oxygen atoms in total. The summed E-state index contributed by atoms with van der Waals surface area (Å²) >= 11 is 0. The number of carbonyl (C=O) groups is 1. The maximum absolute atomic E-state index is 11.9. The minimum atomic E-state index is -0.114. The molecule has 1 amide bonds. The molecule has 0 atom stereocenters. The Morgan fingerprint density at radius 3 is 2.77 bits per heavy atom. The van der Waals surface area contributed by atoms with Gasteiger partial charge in [-0.1, -0.05) is 36.1 Å². The molecule has 106 valence electrons. The smallest absolute Gasteiger partial charge is 0.236 e. The number of hydrogen-bond acceptors (Lipinski definition) is 2. The van der Waals surface area contributed by atoms with Crippen molar-refractivity contribution in [3.05, 3.63) is 72.6 Å². The Bertz CT molecular complexity index is 860. The Balaban J connectivity index is 1.65. The minimum absolute atomic E-state index is 0.114. The van der Waals surface area contributed by atoms with Crippen LogP contribution in [0.5, 0.6) is 0 Å². The molecule has 0 saturated carbocycles. The summed E-state index contributed by atoms with van der Waals surface area (Å²) < 4.78 is 0. The van der Waals surface area contributed by atoms with Crippen molar-refractivity contribution in [3.63, 3.8) is 0 Å². The second-order valence-corrected chi connectivity index (χ2v) is 4.83. The highest BCUT2D eigenvalue weighted by Gasteiger charge is 2.01. The van der Waals surface area contributed by atoms with E-state index in [0.29, 0.717) is 0 Å². The summed E-state index contributed by atoms with van der Waals surface area (Å²) in [5.74, 6) is 5.74. The third-order valence-corrected chi connectivity index (χ3v) is 3.18. The molecule has 22 heavy (non-hydrogen) atoms. The van der Waals surface area contributed by atoms with Crippen molar-refractivity contribution in [2.45, 2.75) is 6.42 Å². The number of hydrogen-bond donors (Lipinski definition) is 1. The summed E-state index contributed by atoms with van der Waals surface area (Å²) in [6.07, 6.45) is 3.70. The van der Waals surface area contributed by atoms with Crippen LogP contribution in [-0.2, 0) is 4.79 Å². The zero-order valence-corrected chi connectivity index (χ0v) is 11.9. The lowest BCUT2D eigenvalue weighted by Gasteiger charge is -2.04. The zero-order valence-electron chi connectivity index (χ0n) is 11.9. The van der Waals surface area contributed by atoms with E-state index in [2.05, 4.69) is 22.1 Å². The van der Waals surface area contributed by atoms with Gasteiger partial charge in [-0.05, 0) is 35.7 Å². The van der Waals surface area contributed by atoms with Gasteiger partial charge in [0.1, 0.15) is 0 Å². The van der Waals surface area contributed by atoms with Crippen molar-refractivity contribution in [1.29, 1.82) is 0 Å². The number of pyridine rings is 1. The lowest BCUT2D eigenvalue weighted by molar-refractivity contribution is -0.115. The predicted molar refractivity (Wildman–Crippen MR) is 88.3 cm³/mol. The Labute approximate surface area is 129 Å². The van der Waals surface area contributed by atoms with Gasteiger partial charge in [-0.3, -0.25) is 9.78 Å². The predicted octanol–water partition coefficient (Wildman–Crippen LogP) is 3.62. The van der Waals surface area contributed by atoms with E-state index in [1.807, 2.05) is 54.6 Å². The first kappa shape index (κ1) is 13.8. The first-order chi connectivity index (χ1) is 10.8. The standard InChI is InChI=1S/C19H14N2O/c22-19(8-4-7-15-5-2-1-3-6-15)21-18-10-9-17-14-20-12-11-16(17)13-18/h1-3,5-6,9-14H,8H2,(H,21,22). The van der Waals surface area contributed by atoms with E-state index < -0.39 is 0 Å². The van der Waals surface area contributed by atoms with Gasteiger partial charge >= 0.3 is 0 Å². The second-order valence-electron chi connectivity index (χ2n) is 4.83. The van der Waals surface area contributed by atoms with Gasteiger partial charge in [-0.15, -0.1) is 0 Å². The highest BCUT2D eigenvalue weighted by molar-refractivity contribution is 5.95. The van der Waals surface area contributed by atoms with E-state index in [1.54, 1.807) is 12.4 Å². The van der Waals surface area contributed by atoms with Crippen molar-refractivity contribution >= 4 is 22.4 Å². The van der Waals surface area contributed by atoms with Gasteiger partial charge in [0.15, 0.2) is 0 Å². The number of fused-ring (bicyclic) bond motifs is 1. The largest absolute Gasteiger partial charge is 0.325 e. The van der Waals surface area contributed by atoms with Crippen LogP contribution in [0.4, 0.5) is 5.69 Å². The molecule has 1 heterocycles. The fraction of sp³-hybridized carbons (Fsp3) is 0.0526. The van der Waals surface area contributed by atoms with Gasteiger partial charge in [-0.25, -0.2) is 0 Å². The number of aromatic nitrogens is 1. The van der Waals surface area contributed by atoms with Crippen LogP contribution in [-0.4, -0.2) is 10.9 Å². The Hall–Kier alpha value is -3.12. The normalized spacial score (nSPS) is 9.82. The number of nitrogens with zero attached hydrogens (tertiary/aromatic N) is 1. The topological polar surface area (TPSA) is 42.0 Å². The number of benzene rings is 2. The van der Waals surface area contributed by atoms with Crippen LogP contribution in [0.1, 0.15) is 12.0 Å². The second kappa shape index (κ2) is 6.55. The molecule has 0 spiro atoms. The summed E-state index contributed by atoms with van der Waals surface area (Å²) in [7, 11) is 0. The molecule has 0 radical (unpaired) electrons. The van der Waals surface area contributed by atoms with E-state index in [9.17, 15) is 4.79 Å². The number of nitrogens with one attached hydrogen (secondary N) is 1. The maximum atomic E-state index is 11.9. The fourth-order valence-electron chi connectivity index (χ4n) is 2.11. The molecular formula is C19H14N2O. The Morgan fingerprint density at radius 2 is 1.91 bits per heavy atom. The molecule has 0 aliphatic heterocycles. The van der Waals surface area contributed by atoms with Crippen molar-refractivity contribution in [3.8, 4) is 11.8 Å². The van der Waals surface area contributed by atoms with Crippen LogP contribution in [0.3, 0.4) is 0 Å². The van der Waals surface area contributed by atoms with Gasteiger partial charge in [0.25, 0.3) is 0 Å². The van der Waals surface area contributed by atoms with E-state index in [1.165, 1.54) is 0 Å². The minimum Gasteiger partial charge on any atom is -0.325 e. The summed E-state index contributed by atoms with van der Waals surface area (Å²) in [4.78, 5) is 16.0. The van der Waals surface area contributed by atoms with Gasteiger partial charge in [0.05, 0.1) is 6.42 Å². The highest BCUT2D eigenvalue weighted by atomic mass is 16.1. The van der Waals surface area contributed by atoms with E-state index in [4.69, 9.17) is 0 Å². The van der Waals surface area contributed by atoms with Gasteiger partial charge in [-0.2, -0.15) is 0 Å². The summed E-state index contributed by atoms with van der Waals surface area (Å²) in [6, 6.07) is 17.3. The molecule has 3 aromatic rings. The lowest BCUT2D eigenvalue weighted by Crippen LogP contribution is -2.10. The molecule has 1 N–H and O–H groups in total. The van der Waals surface area contributed by atoms with Crippen LogP contribution >= 0.6 is 0 Å². The summed E-state index contributed by atoms with van der Waals surface area (Å²) in [6.45, 7) is 0. The molecule has 1 aromatic heterocycles. The lowest BCUT2D eigenvalue weighted by atomic mass is 10.1. The Kier molecular flexibility index (Phi) is 4.12. The molecule has 0 fully saturated rings. The fourth-order valence-corrected chi connectivity index (χ4v) is 2.11. The number of carbonyl (C=O) groups excluding carboxylic acids is 1. The van der Waals surface area contributed by atoms with E-state index in [-0.39, 0.29) is 12.3 Å². The number of rotatable bonds is 2. The molecule has 0 bridgehead atoms. The monoisotopic (exact) mass is 286 g/mol. The third kappa shape index (κ3) is 3.50. The van der Waals surface area contributed by atoms with Crippen molar-refractivity contribution in [1.82, 2.24) is 4.98 Å². The van der Waals surface area contributed by atoms with Crippen LogP contribution < -0.4 is 5.32 Å². The quantitative estimate of drug-likeness (QED) is 0.731. The van der Waals surface area contributed by atoms with Crippen LogP contribution in [0, 0.1) is 11.8 Å². The molecule has 0 aliphatic rings. The average molecular weight is 286 g/mol. The van der Waals surface area contributed by atoms with Gasteiger partial charge in [0, 0.05) is 29.0 Å². The Morgan fingerprint density at radius 1 is 1.05 bits per heavy atom. The van der Waals surface area contributed by atoms with E-state index >= 15 is 0 Å². The summed E-state index contributed by atoms with van der Waals surface area (Å²) in [5.41, 5.74) is 1.68. The zero-order chi connectivity index (χ0) is 15.2. The maximum Gasteiger partial charge on any atom is 0.236 e. The van der Waals surface area contributed by atoms with E-state index in [0.717, 1.165) is 22.0 Å². The first-order valence-electron chi connectivity index (χ1n) is 6.99. The van der Waals surface area contributed by atoms with Crippen LogP contribution in [0.15, 0.2) is 67.0 Å². The van der Waals surface area contributed by atoms with Crippen molar-refractivity contribution in [2.75, 3.05) is 5.32 Å². The average Bonchev–Trinajstić information content (AvgIpc) is 2.56. The van der Waals surface area contributed by atoms with Gasteiger partial charge in [0.2, 0.25) is 5.91 Å². The molecule has 3 rings (SSSR count). The van der Waals surface area contributed by atoms with Gasteiger partial charge < -0.3 is 5.32 Å². The highest BCUT2D eigenvalue weighted by Crippen LogP contribution is 2.17. The van der Waals surface area contributed by atoms with Crippen LogP contribution in [0.2, 0.25) is 0 Å². The molecule has 0 saturated heterocycles. The van der Waals surface area contributed by atoms with Crippen molar-refractivity contribution in [2.24, 2.45) is 0 Å². The SMILES string of the molecule is O=C(CC#Cc1ccccc1)Nc1ccc2cnccc2c1. The molecule has 2 aromatic carbocycles. The molecule has 0 aliphatic carbocycles.